The molecule has 0 aromatic heterocycles. The summed E-state index contributed by atoms with van der Waals surface area (Å²) in [5.74, 6) is 2.17. The molecule has 0 saturated heterocycles. The van der Waals surface area contributed by atoms with Gasteiger partial charge in [0.1, 0.15) is 19.0 Å². The molecule has 2 aromatic rings. The Hall–Kier alpha value is -2.69. The first-order valence-corrected chi connectivity index (χ1v) is 8.07. The molecule has 0 radical (unpaired) electrons. The summed E-state index contributed by atoms with van der Waals surface area (Å²) in [5.41, 5.74) is 2.70. The van der Waals surface area contributed by atoms with E-state index in [0.717, 1.165) is 28.3 Å². The van der Waals surface area contributed by atoms with Crippen molar-refractivity contribution < 1.29 is 19.0 Å². The molecule has 0 saturated carbocycles. The van der Waals surface area contributed by atoms with Crippen LogP contribution in [-0.4, -0.2) is 25.7 Å². The number of aryl methyl sites for hydroxylation is 1. The molecule has 24 heavy (non-hydrogen) atoms. The Morgan fingerprint density at radius 2 is 1.79 bits per heavy atom. The van der Waals surface area contributed by atoms with Crippen LogP contribution in [-0.2, 0) is 11.2 Å². The first-order valence-electron chi connectivity index (χ1n) is 8.07. The molecular weight excluding hydrogens is 306 g/mol. The maximum atomic E-state index is 12.3. The fraction of sp³-hybridized carbons (Fsp3) is 0.316. The number of carbonyl (C=O) groups is 1. The van der Waals surface area contributed by atoms with Gasteiger partial charge in [-0.1, -0.05) is 0 Å². The summed E-state index contributed by atoms with van der Waals surface area (Å²) >= 11 is 0. The van der Waals surface area contributed by atoms with E-state index in [-0.39, 0.29) is 12.3 Å². The largest absolute Gasteiger partial charge is 0.494 e. The Bertz CT molecular complexity index is 725. The molecule has 1 heterocycles. The summed E-state index contributed by atoms with van der Waals surface area (Å²) in [6, 6.07) is 11.2. The molecule has 5 heteroatoms. The minimum absolute atomic E-state index is 0.0704. The molecule has 2 aromatic carbocycles. The molecule has 1 amide bonds. The van der Waals surface area contributed by atoms with E-state index in [4.69, 9.17) is 14.2 Å². The first kappa shape index (κ1) is 16.2. The van der Waals surface area contributed by atoms with Crippen molar-refractivity contribution in [3.8, 4) is 17.2 Å². The molecule has 126 valence electrons. The van der Waals surface area contributed by atoms with Crippen molar-refractivity contribution in [2.75, 3.05) is 25.1 Å². The van der Waals surface area contributed by atoms with Crippen molar-refractivity contribution >= 4 is 11.6 Å². The number of hydrogen-bond acceptors (Lipinski definition) is 4. The Balaban J connectivity index is 1.66. The van der Waals surface area contributed by atoms with Crippen LogP contribution in [0.5, 0.6) is 17.2 Å². The number of carbonyl (C=O) groups excluding carboxylic acids is 1. The molecule has 1 aliphatic heterocycles. The van der Waals surface area contributed by atoms with Crippen LogP contribution in [0.15, 0.2) is 36.4 Å². The SMILES string of the molecule is CCOc1ccc(NC(=O)Cc2cc3c(cc2C)OCCO3)cc1. The van der Waals surface area contributed by atoms with Gasteiger partial charge in [-0.3, -0.25) is 4.79 Å². The van der Waals surface area contributed by atoms with Crippen LogP contribution in [0, 0.1) is 6.92 Å². The third-order valence-corrected chi connectivity index (χ3v) is 3.80. The standard InChI is InChI=1S/C19H21NO4/c1-3-22-16-6-4-15(5-7-16)20-19(21)12-14-11-18-17(10-13(14)2)23-8-9-24-18/h4-7,10-11H,3,8-9,12H2,1-2H3,(H,20,21). The van der Waals surface area contributed by atoms with Crippen molar-refractivity contribution in [3.63, 3.8) is 0 Å². The normalized spacial score (nSPS) is 12.6. The molecule has 0 atom stereocenters. The van der Waals surface area contributed by atoms with Gasteiger partial charge in [0.25, 0.3) is 0 Å². The van der Waals surface area contributed by atoms with Crippen molar-refractivity contribution in [1.29, 1.82) is 0 Å². The minimum Gasteiger partial charge on any atom is -0.494 e. The number of fused-ring (bicyclic) bond motifs is 1. The Kier molecular flexibility index (Phi) is 4.89. The van der Waals surface area contributed by atoms with Gasteiger partial charge in [-0.2, -0.15) is 0 Å². The number of anilines is 1. The fourth-order valence-corrected chi connectivity index (χ4v) is 2.60. The van der Waals surface area contributed by atoms with Gasteiger partial charge >= 0.3 is 0 Å². The number of rotatable bonds is 5. The van der Waals surface area contributed by atoms with Crippen LogP contribution >= 0.6 is 0 Å². The summed E-state index contributed by atoms with van der Waals surface area (Å²) in [7, 11) is 0. The van der Waals surface area contributed by atoms with Crippen LogP contribution in [0.1, 0.15) is 18.1 Å². The Labute approximate surface area is 141 Å². The van der Waals surface area contributed by atoms with Gasteiger partial charge in [0.05, 0.1) is 13.0 Å². The van der Waals surface area contributed by atoms with Crippen molar-refractivity contribution in [2.45, 2.75) is 20.3 Å². The van der Waals surface area contributed by atoms with Crippen molar-refractivity contribution in [1.82, 2.24) is 0 Å². The summed E-state index contributed by atoms with van der Waals surface area (Å²) < 4.78 is 16.5. The zero-order chi connectivity index (χ0) is 16.9. The van der Waals surface area contributed by atoms with Gasteiger partial charge in [0, 0.05) is 5.69 Å². The van der Waals surface area contributed by atoms with E-state index in [1.807, 2.05) is 50.2 Å². The van der Waals surface area contributed by atoms with E-state index < -0.39 is 0 Å². The zero-order valence-corrected chi connectivity index (χ0v) is 13.9. The number of hydrogen-bond donors (Lipinski definition) is 1. The number of amides is 1. The predicted octanol–water partition coefficient (Wildman–Crippen LogP) is 3.35. The van der Waals surface area contributed by atoms with Gasteiger partial charge in [-0.25, -0.2) is 0 Å². The highest BCUT2D eigenvalue weighted by Crippen LogP contribution is 2.33. The summed E-state index contributed by atoms with van der Waals surface area (Å²) in [6.07, 6.45) is 0.287. The third-order valence-electron chi connectivity index (χ3n) is 3.80. The lowest BCUT2D eigenvalue weighted by Gasteiger charge is -2.20. The highest BCUT2D eigenvalue weighted by atomic mass is 16.6. The predicted molar refractivity (Wildman–Crippen MR) is 92.1 cm³/mol. The second-order valence-corrected chi connectivity index (χ2v) is 5.60. The van der Waals surface area contributed by atoms with Gasteiger partial charge < -0.3 is 19.5 Å². The van der Waals surface area contributed by atoms with Gasteiger partial charge in [-0.15, -0.1) is 0 Å². The van der Waals surface area contributed by atoms with Gasteiger partial charge in [0.15, 0.2) is 11.5 Å². The van der Waals surface area contributed by atoms with Crippen molar-refractivity contribution in [2.24, 2.45) is 0 Å². The lowest BCUT2D eigenvalue weighted by molar-refractivity contribution is -0.115. The molecule has 0 fully saturated rings. The number of ether oxygens (including phenoxy) is 3. The monoisotopic (exact) mass is 327 g/mol. The highest BCUT2D eigenvalue weighted by molar-refractivity contribution is 5.92. The van der Waals surface area contributed by atoms with E-state index >= 15 is 0 Å². The van der Waals surface area contributed by atoms with E-state index in [1.165, 1.54) is 0 Å². The van der Waals surface area contributed by atoms with Crippen LogP contribution in [0.4, 0.5) is 5.69 Å². The lowest BCUT2D eigenvalue weighted by atomic mass is 10.0. The smallest absolute Gasteiger partial charge is 0.228 e. The molecule has 0 spiro atoms. The second-order valence-electron chi connectivity index (χ2n) is 5.60. The zero-order valence-electron chi connectivity index (χ0n) is 13.9. The van der Waals surface area contributed by atoms with Crippen molar-refractivity contribution in [3.05, 3.63) is 47.5 Å². The fourth-order valence-electron chi connectivity index (χ4n) is 2.60. The van der Waals surface area contributed by atoms with Gasteiger partial charge in [-0.05, 0) is 61.4 Å². The van der Waals surface area contributed by atoms with Crippen LogP contribution < -0.4 is 19.5 Å². The first-order chi connectivity index (χ1) is 11.7. The molecular formula is C19H21NO4. The van der Waals surface area contributed by atoms with Crippen LogP contribution in [0.3, 0.4) is 0 Å². The average Bonchev–Trinajstić information content (AvgIpc) is 2.57. The van der Waals surface area contributed by atoms with Crippen LogP contribution in [0.2, 0.25) is 0 Å². The van der Waals surface area contributed by atoms with Gasteiger partial charge in [0.2, 0.25) is 5.91 Å². The summed E-state index contributed by atoms with van der Waals surface area (Å²) in [4.78, 5) is 12.3. The molecule has 3 rings (SSSR count). The highest BCUT2D eigenvalue weighted by Gasteiger charge is 2.15. The maximum absolute atomic E-state index is 12.3. The lowest BCUT2D eigenvalue weighted by Crippen LogP contribution is -2.18. The third kappa shape index (κ3) is 3.79. The second kappa shape index (κ2) is 7.25. The minimum atomic E-state index is -0.0704. The number of benzene rings is 2. The maximum Gasteiger partial charge on any atom is 0.228 e. The number of nitrogens with one attached hydrogen (secondary N) is 1. The molecule has 0 unspecified atom stereocenters. The molecule has 0 aliphatic carbocycles. The quantitative estimate of drug-likeness (QED) is 0.915. The topological polar surface area (TPSA) is 56.8 Å². The Morgan fingerprint density at radius 1 is 1.12 bits per heavy atom. The molecule has 1 N–H and O–H groups in total. The molecule has 1 aliphatic rings. The average molecular weight is 327 g/mol. The van der Waals surface area contributed by atoms with E-state index in [9.17, 15) is 4.79 Å². The summed E-state index contributed by atoms with van der Waals surface area (Å²) in [5, 5.41) is 2.90. The van der Waals surface area contributed by atoms with E-state index in [2.05, 4.69) is 5.32 Å². The van der Waals surface area contributed by atoms with E-state index in [1.54, 1.807) is 0 Å². The van der Waals surface area contributed by atoms with Crippen LogP contribution in [0.25, 0.3) is 0 Å². The molecule has 5 nitrogen and oxygen atoms in total. The summed E-state index contributed by atoms with van der Waals surface area (Å²) in [6.45, 7) is 5.62. The Morgan fingerprint density at radius 3 is 2.46 bits per heavy atom. The van der Waals surface area contributed by atoms with E-state index in [0.29, 0.717) is 25.6 Å². The molecule has 0 bridgehead atoms.